The number of hydrogen-bond acceptors (Lipinski definition) is 2. The van der Waals surface area contributed by atoms with Gasteiger partial charge < -0.3 is 5.11 Å². The predicted molar refractivity (Wildman–Crippen MR) is 50.4 cm³/mol. The number of aliphatic hydroxyl groups excluding tert-OH is 1. The molecule has 0 aliphatic heterocycles. The molecule has 1 fully saturated rings. The Morgan fingerprint density at radius 1 is 1.54 bits per heavy atom. The van der Waals surface area contributed by atoms with E-state index in [0.29, 0.717) is 5.92 Å². The van der Waals surface area contributed by atoms with Crippen molar-refractivity contribution in [2.75, 3.05) is 0 Å². The zero-order valence-electron chi connectivity index (χ0n) is 7.95. The smallest absolute Gasteiger partial charge is 0.0928 e. The molecular formula is C10H16N2O. The van der Waals surface area contributed by atoms with Gasteiger partial charge in [-0.15, -0.1) is 0 Å². The fourth-order valence-corrected chi connectivity index (χ4v) is 2.20. The topological polar surface area (TPSA) is 48.9 Å². The maximum atomic E-state index is 9.48. The highest BCUT2D eigenvalue weighted by Crippen LogP contribution is 2.36. The molecule has 1 aromatic heterocycles. The molecule has 1 heterocycles. The number of aromatic nitrogens is 2. The van der Waals surface area contributed by atoms with Crippen molar-refractivity contribution in [1.82, 2.24) is 10.2 Å². The molecule has 0 amide bonds. The van der Waals surface area contributed by atoms with Crippen molar-refractivity contribution >= 4 is 0 Å². The normalized spacial score (nSPS) is 20.8. The van der Waals surface area contributed by atoms with E-state index in [-0.39, 0.29) is 0 Å². The molecule has 3 nitrogen and oxygen atoms in total. The largest absolute Gasteiger partial charge is 0.387 e. The summed E-state index contributed by atoms with van der Waals surface area (Å²) < 4.78 is 0. The van der Waals surface area contributed by atoms with Gasteiger partial charge in [0.25, 0.3) is 0 Å². The monoisotopic (exact) mass is 180 g/mol. The lowest BCUT2D eigenvalue weighted by atomic mass is 9.97. The number of hydrogen-bond donors (Lipinski definition) is 2. The van der Waals surface area contributed by atoms with Crippen molar-refractivity contribution in [3.63, 3.8) is 0 Å². The van der Waals surface area contributed by atoms with Crippen LogP contribution in [0.5, 0.6) is 0 Å². The molecule has 72 valence electrons. The lowest BCUT2D eigenvalue weighted by Crippen LogP contribution is -2.00. The average molecular weight is 180 g/mol. The van der Waals surface area contributed by atoms with Crippen LogP contribution >= 0.6 is 0 Å². The number of aliphatic hydroxyl groups is 1. The molecule has 3 heteroatoms. The highest BCUT2D eigenvalue weighted by Gasteiger charge is 2.22. The summed E-state index contributed by atoms with van der Waals surface area (Å²) in [6.07, 6.45) is 6.58. The zero-order valence-corrected chi connectivity index (χ0v) is 7.95. The van der Waals surface area contributed by atoms with Crippen molar-refractivity contribution in [1.29, 1.82) is 0 Å². The average Bonchev–Trinajstić information content (AvgIpc) is 2.74. The Bertz CT molecular complexity index is 274. The highest BCUT2D eigenvalue weighted by molar-refractivity contribution is 5.23. The van der Waals surface area contributed by atoms with Gasteiger partial charge in [-0.05, 0) is 31.2 Å². The third-order valence-corrected chi connectivity index (χ3v) is 2.91. The van der Waals surface area contributed by atoms with Crippen LogP contribution in [-0.4, -0.2) is 15.3 Å². The van der Waals surface area contributed by atoms with E-state index in [1.807, 2.05) is 6.20 Å². The van der Waals surface area contributed by atoms with Crippen molar-refractivity contribution in [3.05, 3.63) is 17.5 Å². The van der Waals surface area contributed by atoms with E-state index < -0.39 is 6.10 Å². The Hall–Kier alpha value is -0.830. The molecule has 1 aliphatic carbocycles. The first-order chi connectivity index (χ1) is 6.29. The first-order valence-electron chi connectivity index (χ1n) is 5.00. The van der Waals surface area contributed by atoms with E-state index in [9.17, 15) is 5.11 Å². The van der Waals surface area contributed by atoms with Gasteiger partial charge in [-0.25, -0.2) is 0 Å². The van der Waals surface area contributed by atoms with Crippen LogP contribution in [0, 0.1) is 0 Å². The van der Waals surface area contributed by atoms with Crippen molar-refractivity contribution in [2.24, 2.45) is 0 Å². The summed E-state index contributed by atoms with van der Waals surface area (Å²) in [4.78, 5) is 0. The van der Waals surface area contributed by atoms with Gasteiger partial charge in [-0.2, -0.15) is 5.10 Å². The summed E-state index contributed by atoms with van der Waals surface area (Å²) in [5.74, 6) is 0.628. The molecule has 1 unspecified atom stereocenters. The zero-order chi connectivity index (χ0) is 9.26. The van der Waals surface area contributed by atoms with Crippen LogP contribution in [0.25, 0.3) is 0 Å². The third kappa shape index (κ3) is 1.61. The van der Waals surface area contributed by atoms with E-state index in [1.54, 1.807) is 6.92 Å². The molecule has 1 aliphatic rings. The van der Waals surface area contributed by atoms with Gasteiger partial charge in [0, 0.05) is 0 Å². The number of nitrogens with one attached hydrogen (secondary N) is 1. The molecule has 0 saturated heterocycles. The summed E-state index contributed by atoms with van der Waals surface area (Å²) >= 11 is 0. The molecule has 0 spiro atoms. The maximum absolute atomic E-state index is 9.48. The summed E-state index contributed by atoms with van der Waals surface area (Å²) in [6.45, 7) is 1.78. The first kappa shape index (κ1) is 8.75. The molecule has 13 heavy (non-hydrogen) atoms. The first-order valence-corrected chi connectivity index (χ1v) is 5.00. The van der Waals surface area contributed by atoms with Crippen LogP contribution in [0.2, 0.25) is 0 Å². The highest BCUT2D eigenvalue weighted by atomic mass is 16.3. The van der Waals surface area contributed by atoms with Gasteiger partial charge in [0.15, 0.2) is 0 Å². The number of nitrogens with zero attached hydrogens (tertiary/aromatic N) is 1. The molecule has 1 atom stereocenters. The van der Waals surface area contributed by atoms with Gasteiger partial charge in [0.05, 0.1) is 18.0 Å². The lowest BCUT2D eigenvalue weighted by Gasteiger charge is -2.10. The van der Waals surface area contributed by atoms with Crippen molar-refractivity contribution in [2.45, 2.75) is 44.6 Å². The molecule has 0 aromatic carbocycles. The van der Waals surface area contributed by atoms with Gasteiger partial charge in [-0.3, -0.25) is 5.10 Å². The second kappa shape index (κ2) is 3.50. The van der Waals surface area contributed by atoms with Crippen LogP contribution in [0.4, 0.5) is 0 Å². The minimum absolute atomic E-state index is 0.418. The van der Waals surface area contributed by atoms with Gasteiger partial charge in [0.1, 0.15) is 0 Å². The third-order valence-electron chi connectivity index (χ3n) is 2.91. The molecule has 2 N–H and O–H groups in total. The van der Waals surface area contributed by atoms with E-state index in [1.165, 1.54) is 31.2 Å². The maximum Gasteiger partial charge on any atom is 0.0928 e. The van der Waals surface area contributed by atoms with Crippen LogP contribution in [-0.2, 0) is 0 Å². The van der Waals surface area contributed by atoms with Crippen LogP contribution in [0.15, 0.2) is 6.20 Å². The molecule has 2 rings (SSSR count). The minimum atomic E-state index is -0.418. The van der Waals surface area contributed by atoms with E-state index >= 15 is 0 Å². The lowest BCUT2D eigenvalue weighted by molar-refractivity contribution is 0.192. The molecule has 0 radical (unpaired) electrons. The number of aromatic amines is 1. The van der Waals surface area contributed by atoms with Crippen molar-refractivity contribution < 1.29 is 5.11 Å². The standard InChI is InChI=1S/C10H16N2O/c1-7(13)10-9(6-11-12-10)8-4-2-3-5-8/h6-8,13H,2-5H2,1H3,(H,11,12). The summed E-state index contributed by atoms with van der Waals surface area (Å²) in [6, 6.07) is 0. The van der Waals surface area contributed by atoms with Crippen LogP contribution in [0.1, 0.15) is 55.9 Å². The minimum Gasteiger partial charge on any atom is -0.387 e. The second-order valence-corrected chi connectivity index (χ2v) is 3.90. The quantitative estimate of drug-likeness (QED) is 0.732. The summed E-state index contributed by atoms with van der Waals surface area (Å²) in [5, 5.41) is 16.4. The Morgan fingerprint density at radius 2 is 2.23 bits per heavy atom. The summed E-state index contributed by atoms with van der Waals surface area (Å²) in [5.41, 5.74) is 2.14. The van der Waals surface area contributed by atoms with Gasteiger partial charge in [-0.1, -0.05) is 12.8 Å². The Balaban J connectivity index is 2.23. The van der Waals surface area contributed by atoms with Crippen LogP contribution in [0.3, 0.4) is 0 Å². The molecule has 1 aromatic rings. The molecule has 1 saturated carbocycles. The SMILES string of the molecule is CC(O)c1[nH]ncc1C1CCCC1. The number of H-pyrrole nitrogens is 1. The Morgan fingerprint density at radius 3 is 2.85 bits per heavy atom. The van der Waals surface area contributed by atoms with E-state index in [2.05, 4.69) is 10.2 Å². The van der Waals surface area contributed by atoms with Gasteiger partial charge in [0.2, 0.25) is 0 Å². The Kier molecular flexibility index (Phi) is 2.36. The van der Waals surface area contributed by atoms with Gasteiger partial charge >= 0.3 is 0 Å². The fraction of sp³-hybridized carbons (Fsp3) is 0.700. The van der Waals surface area contributed by atoms with E-state index in [0.717, 1.165) is 5.69 Å². The number of rotatable bonds is 2. The van der Waals surface area contributed by atoms with Crippen LogP contribution < -0.4 is 0 Å². The summed E-state index contributed by atoms with van der Waals surface area (Å²) in [7, 11) is 0. The molecular weight excluding hydrogens is 164 g/mol. The predicted octanol–water partition coefficient (Wildman–Crippen LogP) is 2.12. The fourth-order valence-electron chi connectivity index (χ4n) is 2.20. The molecule has 0 bridgehead atoms. The Labute approximate surface area is 78.2 Å². The second-order valence-electron chi connectivity index (χ2n) is 3.90. The van der Waals surface area contributed by atoms with Crippen molar-refractivity contribution in [3.8, 4) is 0 Å². The van der Waals surface area contributed by atoms with E-state index in [4.69, 9.17) is 0 Å².